The molecular formula is C10H13BrClNS. The normalized spacial score (nSPS) is 24.0. The Morgan fingerprint density at radius 2 is 2.50 bits per heavy atom. The number of piperidine rings is 1. The van der Waals surface area contributed by atoms with Gasteiger partial charge in [-0.05, 0) is 41.4 Å². The Hall–Kier alpha value is 0.430. The lowest BCUT2D eigenvalue weighted by atomic mass is 10.1. The summed E-state index contributed by atoms with van der Waals surface area (Å²) in [6.07, 6.45) is 2.41. The monoisotopic (exact) mass is 293 g/mol. The van der Waals surface area contributed by atoms with Gasteiger partial charge in [0.1, 0.15) is 0 Å². The van der Waals surface area contributed by atoms with E-state index in [1.807, 2.05) is 11.3 Å². The number of rotatable bonds is 2. The molecule has 2 heterocycles. The highest BCUT2D eigenvalue weighted by Crippen LogP contribution is 2.23. The van der Waals surface area contributed by atoms with E-state index in [1.54, 1.807) is 0 Å². The summed E-state index contributed by atoms with van der Waals surface area (Å²) >= 11 is 11.4. The Labute approximate surface area is 102 Å². The summed E-state index contributed by atoms with van der Waals surface area (Å²) in [5, 5.41) is 2.49. The van der Waals surface area contributed by atoms with Crippen molar-refractivity contribution in [2.45, 2.75) is 24.8 Å². The van der Waals surface area contributed by atoms with Gasteiger partial charge in [-0.25, -0.2) is 0 Å². The van der Waals surface area contributed by atoms with Gasteiger partial charge >= 0.3 is 0 Å². The van der Waals surface area contributed by atoms with Crippen LogP contribution in [-0.4, -0.2) is 23.4 Å². The first-order valence-electron chi connectivity index (χ1n) is 4.83. The fraction of sp³-hybridized carbons (Fsp3) is 0.600. The fourth-order valence-electron chi connectivity index (χ4n) is 1.80. The van der Waals surface area contributed by atoms with Crippen LogP contribution in [0.1, 0.15) is 17.7 Å². The second-order valence-electron chi connectivity index (χ2n) is 3.71. The summed E-state index contributed by atoms with van der Waals surface area (Å²) in [4.78, 5) is 3.86. The minimum atomic E-state index is 0.354. The summed E-state index contributed by atoms with van der Waals surface area (Å²) in [7, 11) is 0. The van der Waals surface area contributed by atoms with E-state index < -0.39 is 0 Å². The van der Waals surface area contributed by atoms with Crippen LogP contribution in [0.2, 0.25) is 0 Å². The van der Waals surface area contributed by atoms with Crippen LogP contribution in [0, 0.1) is 0 Å². The van der Waals surface area contributed by atoms with E-state index in [-0.39, 0.29) is 0 Å². The molecule has 0 amide bonds. The second-order valence-corrected chi connectivity index (χ2v) is 6.23. The minimum Gasteiger partial charge on any atom is -0.297 e. The van der Waals surface area contributed by atoms with Crippen LogP contribution in [0.3, 0.4) is 0 Å². The molecule has 1 nitrogen and oxygen atoms in total. The largest absolute Gasteiger partial charge is 0.297 e. The average molecular weight is 295 g/mol. The smallest absolute Gasteiger partial charge is 0.0463 e. The van der Waals surface area contributed by atoms with Crippen LogP contribution in [0.4, 0.5) is 0 Å². The Kier molecular flexibility index (Phi) is 3.88. The third kappa shape index (κ3) is 2.96. The molecule has 1 unspecified atom stereocenters. The molecule has 0 bridgehead atoms. The molecule has 4 heteroatoms. The van der Waals surface area contributed by atoms with Gasteiger partial charge in [0.15, 0.2) is 0 Å². The molecule has 0 N–H and O–H groups in total. The molecule has 1 aromatic heterocycles. The number of halogens is 2. The first-order valence-corrected chi connectivity index (χ1v) is 6.94. The van der Waals surface area contributed by atoms with Gasteiger partial charge in [0.25, 0.3) is 0 Å². The predicted octanol–water partition coefficient (Wildman–Crippen LogP) is 3.71. The second kappa shape index (κ2) is 4.97. The van der Waals surface area contributed by atoms with Crippen molar-refractivity contribution in [3.8, 4) is 0 Å². The number of nitrogens with zero attached hydrogens (tertiary/aromatic N) is 1. The summed E-state index contributed by atoms with van der Waals surface area (Å²) < 4.78 is 1.19. The van der Waals surface area contributed by atoms with E-state index in [9.17, 15) is 0 Å². The molecular weight excluding hydrogens is 282 g/mol. The first-order chi connectivity index (χ1) is 6.74. The van der Waals surface area contributed by atoms with E-state index >= 15 is 0 Å². The van der Waals surface area contributed by atoms with Crippen molar-refractivity contribution in [1.82, 2.24) is 4.90 Å². The Morgan fingerprint density at radius 1 is 1.64 bits per heavy atom. The zero-order chi connectivity index (χ0) is 9.97. The molecule has 0 aromatic carbocycles. The molecule has 1 aliphatic rings. The van der Waals surface area contributed by atoms with E-state index in [0.717, 1.165) is 13.1 Å². The predicted molar refractivity (Wildman–Crippen MR) is 66.2 cm³/mol. The van der Waals surface area contributed by atoms with E-state index in [2.05, 4.69) is 32.3 Å². The first kappa shape index (κ1) is 10.9. The summed E-state index contributed by atoms with van der Waals surface area (Å²) in [5.74, 6) is 0. The molecule has 0 spiro atoms. The summed E-state index contributed by atoms with van der Waals surface area (Å²) in [6, 6.07) is 2.20. The molecule has 0 aliphatic carbocycles. The number of likely N-dealkylation sites (tertiary alicyclic amines) is 1. The number of thiophene rings is 1. The molecule has 2 rings (SSSR count). The average Bonchev–Trinajstić information content (AvgIpc) is 2.51. The van der Waals surface area contributed by atoms with Crippen molar-refractivity contribution in [2.75, 3.05) is 13.1 Å². The molecule has 1 aliphatic heterocycles. The van der Waals surface area contributed by atoms with Crippen molar-refractivity contribution in [3.63, 3.8) is 0 Å². The molecule has 14 heavy (non-hydrogen) atoms. The van der Waals surface area contributed by atoms with Gasteiger partial charge in [0.05, 0.1) is 0 Å². The molecule has 1 aromatic rings. The quantitative estimate of drug-likeness (QED) is 0.752. The zero-order valence-corrected chi connectivity index (χ0v) is 11.0. The van der Waals surface area contributed by atoms with Gasteiger partial charge in [0, 0.05) is 33.2 Å². The molecule has 78 valence electrons. The van der Waals surface area contributed by atoms with Gasteiger partial charge < -0.3 is 0 Å². The van der Waals surface area contributed by atoms with Crippen molar-refractivity contribution in [2.24, 2.45) is 0 Å². The number of hydrogen-bond acceptors (Lipinski definition) is 2. The van der Waals surface area contributed by atoms with Crippen LogP contribution < -0.4 is 0 Å². The fourth-order valence-corrected chi connectivity index (χ4v) is 3.64. The maximum absolute atomic E-state index is 6.14. The molecule has 1 saturated heterocycles. The minimum absolute atomic E-state index is 0.354. The van der Waals surface area contributed by atoms with Crippen LogP contribution in [0.15, 0.2) is 15.9 Å². The van der Waals surface area contributed by atoms with E-state index in [4.69, 9.17) is 11.6 Å². The van der Waals surface area contributed by atoms with Crippen molar-refractivity contribution in [1.29, 1.82) is 0 Å². The van der Waals surface area contributed by atoms with E-state index in [1.165, 1.54) is 28.7 Å². The number of alkyl halides is 1. The van der Waals surface area contributed by atoms with Gasteiger partial charge in [0.2, 0.25) is 0 Å². The van der Waals surface area contributed by atoms with E-state index in [0.29, 0.717) is 5.38 Å². The highest BCUT2D eigenvalue weighted by molar-refractivity contribution is 9.10. The summed E-state index contributed by atoms with van der Waals surface area (Å²) in [6.45, 7) is 3.29. The van der Waals surface area contributed by atoms with Gasteiger partial charge in [-0.3, -0.25) is 4.90 Å². The SMILES string of the molecule is ClC1CCCN(Cc2cc(Br)cs2)C1. The molecule has 1 fully saturated rings. The Bertz CT molecular complexity index is 302. The van der Waals surface area contributed by atoms with Crippen LogP contribution in [-0.2, 0) is 6.54 Å². The van der Waals surface area contributed by atoms with Crippen molar-refractivity contribution >= 4 is 38.9 Å². The third-order valence-corrected chi connectivity index (χ3v) is 4.49. The molecule has 0 saturated carbocycles. The summed E-state index contributed by atoms with van der Waals surface area (Å²) in [5.41, 5.74) is 0. The Morgan fingerprint density at radius 3 is 3.14 bits per heavy atom. The van der Waals surface area contributed by atoms with Gasteiger partial charge in [-0.2, -0.15) is 0 Å². The maximum Gasteiger partial charge on any atom is 0.0463 e. The van der Waals surface area contributed by atoms with Gasteiger partial charge in [-0.1, -0.05) is 0 Å². The maximum atomic E-state index is 6.14. The standard InChI is InChI=1S/C10H13BrClNS/c11-8-4-10(14-7-8)6-13-3-1-2-9(12)5-13/h4,7,9H,1-3,5-6H2. The van der Waals surface area contributed by atoms with Crippen LogP contribution >= 0.6 is 38.9 Å². The highest BCUT2D eigenvalue weighted by atomic mass is 79.9. The van der Waals surface area contributed by atoms with Crippen LogP contribution in [0.25, 0.3) is 0 Å². The zero-order valence-electron chi connectivity index (χ0n) is 7.88. The molecule has 0 radical (unpaired) electrons. The van der Waals surface area contributed by atoms with Crippen LogP contribution in [0.5, 0.6) is 0 Å². The number of hydrogen-bond donors (Lipinski definition) is 0. The topological polar surface area (TPSA) is 3.24 Å². The van der Waals surface area contributed by atoms with Crippen molar-refractivity contribution < 1.29 is 0 Å². The lowest BCUT2D eigenvalue weighted by Crippen LogP contribution is -2.35. The Balaban J connectivity index is 1.90. The van der Waals surface area contributed by atoms with Gasteiger partial charge in [-0.15, -0.1) is 22.9 Å². The third-order valence-electron chi connectivity index (χ3n) is 2.45. The lowest BCUT2D eigenvalue weighted by molar-refractivity contribution is 0.226. The lowest BCUT2D eigenvalue weighted by Gasteiger charge is -2.29. The van der Waals surface area contributed by atoms with Crippen molar-refractivity contribution in [3.05, 3.63) is 20.8 Å². The molecule has 1 atom stereocenters. The highest BCUT2D eigenvalue weighted by Gasteiger charge is 2.17.